The summed E-state index contributed by atoms with van der Waals surface area (Å²) >= 11 is 0. The molecule has 3 nitrogen and oxygen atoms in total. The van der Waals surface area contributed by atoms with Gasteiger partial charge in [0, 0.05) is 6.42 Å². The van der Waals surface area contributed by atoms with Crippen molar-refractivity contribution in [2.24, 2.45) is 0 Å². The van der Waals surface area contributed by atoms with Gasteiger partial charge < -0.3 is 4.74 Å². The van der Waals surface area contributed by atoms with Gasteiger partial charge in [0.15, 0.2) is 6.61 Å². The summed E-state index contributed by atoms with van der Waals surface area (Å²) in [5.74, 6) is -16.5. The SMILES string of the molecule is CCC(=O)OCC(=O)C(F)(F)C(F)(F)C(F)(F)F. The highest BCUT2D eigenvalue weighted by Gasteiger charge is 2.75. The van der Waals surface area contributed by atoms with Crippen LogP contribution in [0.5, 0.6) is 0 Å². The van der Waals surface area contributed by atoms with Crippen LogP contribution in [0.2, 0.25) is 0 Å². The highest BCUT2D eigenvalue weighted by atomic mass is 19.4. The van der Waals surface area contributed by atoms with Crippen molar-refractivity contribution in [2.75, 3.05) is 6.61 Å². The molecule has 0 saturated heterocycles. The lowest BCUT2D eigenvalue weighted by molar-refractivity contribution is -0.343. The Labute approximate surface area is 95.9 Å². The van der Waals surface area contributed by atoms with E-state index in [2.05, 4.69) is 4.74 Å². The molecule has 0 amide bonds. The average molecular weight is 284 g/mol. The van der Waals surface area contributed by atoms with Crippen LogP contribution in [0.25, 0.3) is 0 Å². The molecule has 0 aromatic carbocycles. The molecule has 0 saturated carbocycles. The molecule has 0 unspecified atom stereocenters. The van der Waals surface area contributed by atoms with Crippen molar-refractivity contribution in [3.8, 4) is 0 Å². The third-order valence-corrected chi connectivity index (χ3v) is 1.75. The number of halogens is 7. The van der Waals surface area contributed by atoms with Gasteiger partial charge in [-0.2, -0.15) is 30.7 Å². The molecule has 106 valence electrons. The van der Waals surface area contributed by atoms with E-state index < -0.39 is 36.4 Å². The van der Waals surface area contributed by atoms with Gasteiger partial charge in [-0.3, -0.25) is 9.59 Å². The number of hydrogen-bond donors (Lipinski definition) is 0. The van der Waals surface area contributed by atoms with Gasteiger partial charge in [0.2, 0.25) is 5.78 Å². The maximum Gasteiger partial charge on any atom is 0.460 e. The first-order valence-electron chi connectivity index (χ1n) is 4.39. The standard InChI is InChI=1S/C8H7F7O3/c1-2-5(17)18-3-4(16)6(9,10)7(11,12)8(13,14)15/h2-3H2,1H3. The number of ether oxygens (including phenoxy) is 1. The molecule has 0 aromatic rings. The summed E-state index contributed by atoms with van der Waals surface area (Å²) in [6, 6.07) is 0. The summed E-state index contributed by atoms with van der Waals surface area (Å²) in [7, 11) is 0. The summed E-state index contributed by atoms with van der Waals surface area (Å²) in [5, 5.41) is 0. The Hall–Kier alpha value is -1.35. The van der Waals surface area contributed by atoms with E-state index in [0.29, 0.717) is 0 Å². The highest BCUT2D eigenvalue weighted by molar-refractivity contribution is 5.89. The van der Waals surface area contributed by atoms with Gasteiger partial charge in [-0.05, 0) is 0 Å². The van der Waals surface area contributed by atoms with Crippen molar-refractivity contribution in [3.63, 3.8) is 0 Å². The summed E-state index contributed by atoms with van der Waals surface area (Å²) in [5.41, 5.74) is 0. The molecule has 0 fully saturated rings. The summed E-state index contributed by atoms with van der Waals surface area (Å²) in [6.07, 6.45) is -6.95. The van der Waals surface area contributed by atoms with Gasteiger partial charge in [-0.15, -0.1) is 0 Å². The maximum atomic E-state index is 12.6. The number of carbonyl (C=O) groups excluding carboxylic acids is 2. The molecule has 0 radical (unpaired) electrons. The predicted molar refractivity (Wildman–Crippen MR) is 42.2 cm³/mol. The Morgan fingerprint density at radius 2 is 1.44 bits per heavy atom. The van der Waals surface area contributed by atoms with Crippen LogP contribution in [-0.4, -0.2) is 36.4 Å². The topological polar surface area (TPSA) is 43.4 Å². The monoisotopic (exact) mass is 284 g/mol. The molecule has 0 atom stereocenters. The number of rotatable bonds is 5. The third-order valence-electron chi connectivity index (χ3n) is 1.75. The zero-order valence-corrected chi connectivity index (χ0v) is 8.78. The van der Waals surface area contributed by atoms with Crippen LogP contribution >= 0.6 is 0 Å². The van der Waals surface area contributed by atoms with E-state index in [1.165, 1.54) is 6.92 Å². The fourth-order valence-corrected chi connectivity index (χ4v) is 0.692. The molecule has 0 aliphatic carbocycles. The van der Waals surface area contributed by atoms with Crippen LogP contribution in [0.4, 0.5) is 30.7 Å². The molecule has 0 spiro atoms. The molecule has 18 heavy (non-hydrogen) atoms. The van der Waals surface area contributed by atoms with Crippen molar-refractivity contribution in [1.29, 1.82) is 0 Å². The molecule has 0 aliphatic rings. The lowest BCUT2D eigenvalue weighted by Crippen LogP contribution is -2.57. The minimum absolute atomic E-state index is 0.353. The van der Waals surface area contributed by atoms with E-state index in [-0.39, 0.29) is 6.42 Å². The smallest absolute Gasteiger partial charge is 0.457 e. The zero-order valence-electron chi connectivity index (χ0n) is 8.78. The van der Waals surface area contributed by atoms with E-state index in [9.17, 15) is 40.3 Å². The molecule has 0 heterocycles. The third kappa shape index (κ3) is 3.10. The largest absolute Gasteiger partial charge is 0.460 e. The van der Waals surface area contributed by atoms with E-state index in [0.717, 1.165) is 0 Å². The van der Waals surface area contributed by atoms with Crippen LogP contribution in [0.15, 0.2) is 0 Å². The lowest BCUT2D eigenvalue weighted by Gasteiger charge is -2.26. The molecular weight excluding hydrogens is 277 g/mol. The van der Waals surface area contributed by atoms with Crippen LogP contribution in [-0.2, 0) is 14.3 Å². The van der Waals surface area contributed by atoms with Crippen molar-refractivity contribution in [3.05, 3.63) is 0 Å². The van der Waals surface area contributed by atoms with Crippen LogP contribution in [0.1, 0.15) is 13.3 Å². The van der Waals surface area contributed by atoms with Crippen molar-refractivity contribution < 1.29 is 45.1 Å². The van der Waals surface area contributed by atoms with Gasteiger partial charge in [-0.25, -0.2) is 0 Å². The minimum Gasteiger partial charge on any atom is -0.457 e. The first-order valence-corrected chi connectivity index (χ1v) is 4.39. The maximum absolute atomic E-state index is 12.6. The van der Waals surface area contributed by atoms with Crippen molar-refractivity contribution in [1.82, 2.24) is 0 Å². The van der Waals surface area contributed by atoms with Gasteiger partial charge in [0.05, 0.1) is 0 Å². The van der Waals surface area contributed by atoms with Gasteiger partial charge in [0.25, 0.3) is 0 Å². The van der Waals surface area contributed by atoms with Gasteiger partial charge in [-0.1, -0.05) is 6.92 Å². The van der Waals surface area contributed by atoms with E-state index in [1.54, 1.807) is 0 Å². The molecular formula is C8H7F7O3. The second kappa shape index (κ2) is 5.11. The van der Waals surface area contributed by atoms with Crippen molar-refractivity contribution >= 4 is 11.8 Å². The molecule has 0 aromatic heterocycles. The number of hydrogen-bond acceptors (Lipinski definition) is 3. The molecule has 0 rings (SSSR count). The number of ketones is 1. The van der Waals surface area contributed by atoms with E-state index >= 15 is 0 Å². The zero-order chi connectivity index (χ0) is 14.8. The summed E-state index contributed by atoms with van der Waals surface area (Å²) < 4.78 is 88.7. The molecule has 0 bridgehead atoms. The Bertz CT molecular complexity index is 334. The fraction of sp³-hybridized carbons (Fsp3) is 0.750. The van der Waals surface area contributed by atoms with Gasteiger partial charge in [0.1, 0.15) is 0 Å². The van der Waals surface area contributed by atoms with Gasteiger partial charge >= 0.3 is 24.0 Å². The van der Waals surface area contributed by atoms with Crippen LogP contribution in [0, 0.1) is 0 Å². The Balaban J connectivity index is 4.93. The lowest BCUT2D eigenvalue weighted by atomic mass is 10.1. The van der Waals surface area contributed by atoms with E-state index in [1.807, 2.05) is 0 Å². The second-order valence-electron chi connectivity index (χ2n) is 3.08. The number of alkyl halides is 7. The number of carbonyl (C=O) groups is 2. The Kier molecular flexibility index (Phi) is 4.72. The minimum atomic E-state index is -6.60. The van der Waals surface area contributed by atoms with Crippen LogP contribution < -0.4 is 0 Å². The highest BCUT2D eigenvalue weighted by Crippen LogP contribution is 2.46. The first-order chi connectivity index (χ1) is 7.88. The summed E-state index contributed by atoms with van der Waals surface area (Å²) in [6.45, 7) is -0.652. The fourth-order valence-electron chi connectivity index (χ4n) is 0.692. The Morgan fingerprint density at radius 3 is 1.78 bits per heavy atom. The Morgan fingerprint density at radius 1 is 1.00 bits per heavy atom. The molecule has 0 aliphatic heterocycles. The number of Topliss-reactive ketones (excluding diaryl/α,β-unsaturated/α-hetero) is 1. The summed E-state index contributed by atoms with van der Waals surface area (Å²) in [4.78, 5) is 21.0. The molecule has 0 N–H and O–H groups in total. The second-order valence-corrected chi connectivity index (χ2v) is 3.08. The quantitative estimate of drug-likeness (QED) is 0.575. The predicted octanol–water partition coefficient (Wildman–Crippen LogP) is 2.34. The normalized spacial score (nSPS) is 13.3. The van der Waals surface area contributed by atoms with Crippen molar-refractivity contribution in [2.45, 2.75) is 31.4 Å². The van der Waals surface area contributed by atoms with Crippen LogP contribution in [0.3, 0.4) is 0 Å². The van der Waals surface area contributed by atoms with E-state index in [4.69, 9.17) is 0 Å². The number of esters is 1. The average Bonchev–Trinajstić information content (AvgIpc) is 2.23. The first kappa shape index (κ1) is 16.6. The molecule has 10 heteroatoms.